The Kier molecular flexibility index (Phi) is 3.93. The lowest BCUT2D eigenvalue weighted by Gasteiger charge is -2.40. The summed E-state index contributed by atoms with van der Waals surface area (Å²) >= 11 is 0. The first kappa shape index (κ1) is 13.0. The van der Waals surface area contributed by atoms with Gasteiger partial charge in [-0.3, -0.25) is 4.79 Å². The van der Waals surface area contributed by atoms with E-state index >= 15 is 0 Å². The van der Waals surface area contributed by atoms with Gasteiger partial charge in [0, 0.05) is 0 Å². The lowest BCUT2D eigenvalue weighted by atomic mass is 9.63. The highest BCUT2D eigenvalue weighted by molar-refractivity contribution is 5.86. The minimum absolute atomic E-state index is 0.0829. The van der Waals surface area contributed by atoms with Gasteiger partial charge in [0.25, 0.3) is 0 Å². The molecule has 16 heavy (non-hydrogen) atoms. The van der Waals surface area contributed by atoms with Crippen LogP contribution in [-0.4, -0.2) is 23.7 Å². The molecule has 0 spiro atoms. The maximum Gasteiger partial charge on any atom is 0.240 e. The van der Waals surface area contributed by atoms with Crippen molar-refractivity contribution in [3.8, 4) is 6.07 Å². The lowest BCUT2D eigenvalue weighted by molar-refractivity contribution is -0.135. The van der Waals surface area contributed by atoms with Crippen LogP contribution < -0.4 is 5.32 Å². The van der Waals surface area contributed by atoms with Gasteiger partial charge in [0.05, 0.1) is 18.7 Å². The van der Waals surface area contributed by atoms with E-state index in [0.29, 0.717) is 18.8 Å². The molecule has 2 N–H and O–H groups in total. The molecule has 0 radical (unpaired) electrons. The Bertz CT molecular complexity index is 301. The largest absolute Gasteiger partial charge is 0.394 e. The van der Waals surface area contributed by atoms with Gasteiger partial charge >= 0.3 is 0 Å². The number of hydrogen-bond donors (Lipinski definition) is 2. The molecule has 1 unspecified atom stereocenters. The van der Waals surface area contributed by atoms with Crippen LogP contribution >= 0.6 is 0 Å². The van der Waals surface area contributed by atoms with Gasteiger partial charge in [-0.05, 0) is 24.7 Å². The molecule has 0 aromatic rings. The fourth-order valence-corrected chi connectivity index (χ4v) is 2.19. The van der Waals surface area contributed by atoms with E-state index in [0.717, 1.165) is 0 Å². The Morgan fingerprint density at radius 1 is 1.62 bits per heavy atom. The lowest BCUT2D eigenvalue weighted by Crippen LogP contribution is -2.53. The van der Waals surface area contributed by atoms with Crippen molar-refractivity contribution in [3.05, 3.63) is 0 Å². The van der Waals surface area contributed by atoms with Crippen LogP contribution in [0.5, 0.6) is 0 Å². The molecule has 0 aliphatic heterocycles. The molecule has 1 fully saturated rings. The summed E-state index contributed by atoms with van der Waals surface area (Å²) in [7, 11) is 0. The first-order valence-corrected chi connectivity index (χ1v) is 5.78. The number of rotatable bonds is 4. The van der Waals surface area contributed by atoms with Gasteiger partial charge in [0.2, 0.25) is 5.91 Å². The summed E-state index contributed by atoms with van der Waals surface area (Å²) in [4.78, 5) is 12.0. The zero-order valence-corrected chi connectivity index (χ0v) is 10.2. The molecule has 4 nitrogen and oxygen atoms in total. The number of aliphatic hydroxyl groups is 1. The summed E-state index contributed by atoms with van der Waals surface area (Å²) in [5.41, 5.74) is -0.846. The molecule has 0 aromatic heterocycles. The fraction of sp³-hybridized carbons (Fsp3) is 0.833. The Morgan fingerprint density at radius 3 is 2.50 bits per heavy atom. The summed E-state index contributed by atoms with van der Waals surface area (Å²) in [6, 6.07) is 1.86. The minimum atomic E-state index is -0.846. The molecule has 1 amide bonds. The molecule has 90 valence electrons. The molecule has 0 aromatic carbocycles. The molecule has 1 rings (SSSR count). The quantitative estimate of drug-likeness (QED) is 0.750. The predicted molar refractivity (Wildman–Crippen MR) is 60.3 cm³/mol. The third-order valence-corrected chi connectivity index (χ3v) is 3.36. The molecule has 4 heteroatoms. The van der Waals surface area contributed by atoms with Gasteiger partial charge in [-0.25, -0.2) is 0 Å². The third-order valence-electron chi connectivity index (χ3n) is 3.36. The second kappa shape index (κ2) is 4.84. The van der Waals surface area contributed by atoms with E-state index in [9.17, 15) is 4.79 Å². The van der Waals surface area contributed by atoms with Crippen LogP contribution in [-0.2, 0) is 4.79 Å². The van der Waals surface area contributed by atoms with Crippen molar-refractivity contribution in [2.24, 2.45) is 17.3 Å². The zero-order chi connectivity index (χ0) is 12.3. The third kappa shape index (κ3) is 2.35. The molecule has 0 saturated heterocycles. The number of nitrogens with zero attached hydrogens (tertiary/aromatic N) is 1. The van der Waals surface area contributed by atoms with E-state index in [1.165, 1.54) is 0 Å². The van der Waals surface area contributed by atoms with Crippen LogP contribution in [0.4, 0.5) is 0 Å². The number of nitriles is 1. The second-order valence-corrected chi connectivity index (χ2v) is 5.21. The highest BCUT2D eigenvalue weighted by Crippen LogP contribution is 2.45. The Morgan fingerprint density at radius 2 is 2.19 bits per heavy atom. The molecule has 1 aliphatic carbocycles. The second-order valence-electron chi connectivity index (χ2n) is 5.21. The number of aliphatic hydroxyl groups excluding tert-OH is 1. The maximum atomic E-state index is 12.0. The number of nitrogens with one attached hydrogen (secondary N) is 1. The summed E-state index contributed by atoms with van der Waals surface area (Å²) < 4.78 is 0. The van der Waals surface area contributed by atoms with Crippen molar-refractivity contribution < 1.29 is 9.90 Å². The molecular weight excluding hydrogens is 204 g/mol. The van der Waals surface area contributed by atoms with Gasteiger partial charge in [-0.1, -0.05) is 20.8 Å². The first-order chi connectivity index (χ1) is 7.45. The highest BCUT2D eigenvalue weighted by atomic mass is 16.3. The standard InChI is InChI=1S/C12H20N2O2/c1-8(2)10(6-15)14-11(16)12(7-13)4-9(3)5-12/h8-10,15H,4-6H2,1-3H3,(H,14,16). The van der Waals surface area contributed by atoms with Crippen molar-refractivity contribution in [1.29, 1.82) is 5.26 Å². The van der Waals surface area contributed by atoms with Gasteiger partial charge in [0.1, 0.15) is 5.41 Å². The maximum absolute atomic E-state index is 12.0. The van der Waals surface area contributed by atoms with Crippen LogP contribution in [0, 0.1) is 28.6 Å². The molecule has 1 aliphatic rings. The molecule has 1 atom stereocenters. The number of amides is 1. The fourth-order valence-electron chi connectivity index (χ4n) is 2.19. The Labute approximate surface area is 96.6 Å². The summed E-state index contributed by atoms with van der Waals surface area (Å²) in [5, 5.41) is 21.0. The number of hydrogen-bond acceptors (Lipinski definition) is 3. The molecule has 0 bridgehead atoms. The van der Waals surface area contributed by atoms with Gasteiger partial charge in [-0.2, -0.15) is 5.26 Å². The average molecular weight is 224 g/mol. The molecule has 0 heterocycles. The van der Waals surface area contributed by atoms with E-state index in [4.69, 9.17) is 10.4 Å². The topological polar surface area (TPSA) is 73.1 Å². The Balaban J connectivity index is 2.61. The highest BCUT2D eigenvalue weighted by Gasteiger charge is 2.49. The van der Waals surface area contributed by atoms with Crippen LogP contribution in [0.3, 0.4) is 0 Å². The zero-order valence-electron chi connectivity index (χ0n) is 10.2. The van der Waals surface area contributed by atoms with E-state index in [2.05, 4.69) is 11.4 Å². The van der Waals surface area contributed by atoms with E-state index in [1.807, 2.05) is 20.8 Å². The predicted octanol–water partition coefficient (Wildman–Crippen LogP) is 1.06. The van der Waals surface area contributed by atoms with Gasteiger partial charge < -0.3 is 10.4 Å². The van der Waals surface area contributed by atoms with Crippen molar-refractivity contribution >= 4 is 5.91 Å². The van der Waals surface area contributed by atoms with Crippen molar-refractivity contribution in [2.75, 3.05) is 6.61 Å². The molecule has 1 saturated carbocycles. The van der Waals surface area contributed by atoms with E-state index < -0.39 is 5.41 Å². The van der Waals surface area contributed by atoms with E-state index in [1.54, 1.807) is 0 Å². The number of carbonyl (C=O) groups is 1. The normalized spacial score (nSPS) is 30.4. The smallest absolute Gasteiger partial charge is 0.240 e. The molecular formula is C12H20N2O2. The van der Waals surface area contributed by atoms with Gasteiger partial charge in [0.15, 0.2) is 0 Å². The summed E-state index contributed by atoms with van der Waals surface area (Å²) in [6.07, 6.45) is 1.26. The van der Waals surface area contributed by atoms with Crippen LogP contribution in [0.25, 0.3) is 0 Å². The summed E-state index contributed by atoms with van der Waals surface area (Å²) in [5.74, 6) is 0.389. The SMILES string of the molecule is CC1CC(C#N)(C(=O)NC(CO)C(C)C)C1. The van der Waals surface area contributed by atoms with Gasteiger partial charge in [-0.15, -0.1) is 0 Å². The first-order valence-electron chi connectivity index (χ1n) is 5.78. The monoisotopic (exact) mass is 224 g/mol. The van der Waals surface area contributed by atoms with Crippen molar-refractivity contribution in [2.45, 2.75) is 39.7 Å². The van der Waals surface area contributed by atoms with Crippen molar-refractivity contribution in [3.63, 3.8) is 0 Å². The van der Waals surface area contributed by atoms with Crippen LogP contribution in [0.15, 0.2) is 0 Å². The van der Waals surface area contributed by atoms with Crippen LogP contribution in [0.2, 0.25) is 0 Å². The van der Waals surface area contributed by atoms with Crippen LogP contribution in [0.1, 0.15) is 33.6 Å². The summed E-state index contributed by atoms with van der Waals surface area (Å²) in [6.45, 7) is 5.82. The van der Waals surface area contributed by atoms with E-state index in [-0.39, 0.29) is 24.5 Å². The minimum Gasteiger partial charge on any atom is -0.394 e. The van der Waals surface area contributed by atoms with Crippen molar-refractivity contribution in [1.82, 2.24) is 5.32 Å². The number of carbonyl (C=O) groups excluding carboxylic acids is 1. The Hall–Kier alpha value is -1.08. The average Bonchev–Trinajstić information content (AvgIpc) is 2.20.